The molecule has 4 aromatic carbocycles. The third kappa shape index (κ3) is 9.05. The number of ether oxygens (including phenoxy) is 4. The van der Waals surface area contributed by atoms with Gasteiger partial charge in [0.25, 0.3) is 11.8 Å². The minimum absolute atomic E-state index is 0.0372. The normalized spacial score (nSPS) is 10.8. The minimum Gasteiger partial charge on any atom is -0.496 e. The number of nitrogens with one attached hydrogen (secondary N) is 3. The lowest BCUT2D eigenvalue weighted by atomic mass is 10.1. The lowest BCUT2D eigenvalue weighted by Crippen LogP contribution is -2.30. The average molecular weight is 642 g/mol. The number of rotatable bonds is 14. The van der Waals surface area contributed by atoms with Gasteiger partial charge in [-0.25, -0.2) is 0 Å². The maximum Gasteiger partial charge on any atom is 0.272 e. The van der Waals surface area contributed by atoms with E-state index < -0.39 is 11.8 Å². The van der Waals surface area contributed by atoms with Crippen LogP contribution in [0.15, 0.2) is 102 Å². The number of hydrogen-bond acceptors (Lipinski definition) is 8. The van der Waals surface area contributed by atoms with Crippen LogP contribution in [0.1, 0.15) is 22.8 Å². The number of benzene rings is 4. The maximum atomic E-state index is 13.7. The second-order valence-electron chi connectivity index (χ2n) is 9.58. The number of amides is 3. The monoisotopic (exact) mass is 641 g/mol. The fraction of sp³-hybridized carbons (Fsp3) is 0.171. The highest BCUT2D eigenvalue weighted by Gasteiger charge is 2.18. The van der Waals surface area contributed by atoms with Gasteiger partial charge in [-0.05, 0) is 61.5 Å². The Morgan fingerprint density at radius 2 is 1.43 bits per heavy atom. The summed E-state index contributed by atoms with van der Waals surface area (Å²) >= 11 is 1.31. The van der Waals surface area contributed by atoms with Crippen LogP contribution in [0.25, 0.3) is 6.08 Å². The fourth-order valence-electron chi connectivity index (χ4n) is 4.31. The van der Waals surface area contributed by atoms with Crippen molar-refractivity contribution in [1.29, 1.82) is 0 Å². The van der Waals surface area contributed by atoms with Gasteiger partial charge in [-0.1, -0.05) is 36.4 Å². The third-order valence-corrected chi connectivity index (χ3v) is 7.48. The molecule has 0 saturated carbocycles. The highest BCUT2D eigenvalue weighted by molar-refractivity contribution is 8.00. The summed E-state index contributed by atoms with van der Waals surface area (Å²) in [5.74, 6) is 0.742. The van der Waals surface area contributed by atoms with Crippen molar-refractivity contribution in [1.82, 2.24) is 5.32 Å². The first-order valence-corrected chi connectivity index (χ1v) is 15.3. The lowest BCUT2D eigenvalue weighted by molar-refractivity contribution is -0.114. The van der Waals surface area contributed by atoms with E-state index in [-0.39, 0.29) is 17.4 Å². The largest absolute Gasteiger partial charge is 0.496 e. The second-order valence-corrected chi connectivity index (χ2v) is 10.6. The van der Waals surface area contributed by atoms with Crippen LogP contribution in [-0.4, -0.2) is 51.4 Å². The van der Waals surface area contributed by atoms with E-state index in [1.807, 2.05) is 25.1 Å². The van der Waals surface area contributed by atoms with Crippen LogP contribution in [0.4, 0.5) is 11.4 Å². The molecule has 4 rings (SSSR count). The van der Waals surface area contributed by atoms with E-state index in [0.29, 0.717) is 52.1 Å². The van der Waals surface area contributed by atoms with Crippen LogP contribution < -0.4 is 34.9 Å². The molecular weight excluding hydrogens is 606 g/mol. The van der Waals surface area contributed by atoms with Crippen molar-refractivity contribution in [2.45, 2.75) is 11.8 Å². The first-order valence-electron chi connectivity index (χ1n) is 14.3. The molecule has 11 heteroatoms. The Balaban J connectivity index is 1.54. The Morgan fingerprint density at radius 3 is 2.15 bits per heavy atom. The molecule has 0 aliphatic heterocycles. The summed E-state index contributed by atoms with van der Waals surface area (Å²) < 4.78 is 21.9. The van der Waals surface area contributed by atoms with E-state index >= 15 is 0 Å². The number of carbonyl (C=O) groups excluding carboxylic acids is 3. The molecule has 3 N–H and O–H groups in total. The molecule has 3 amide bonds. The van der Waals surface area contributed by atoms with Crippen LogP contribution in [0.3, 0.4) is 0 Å². The predicted molar refractivity (Wildman–Crippen MR) is 180 cm³/mol. The van der Waals surface area contributed by atoms with E-state index in [4.69, 9.17) is 18.9 Å². The summed E-state index contributed by atoms with van der Waals surface area (Å²) in [6, 6.07) is 26.1. The van der Waals surface area contributed by atoms with Gasteiger partial charge in [0.2, 0.25) is 5.91 Å². The van der Waals surface area contributed by atoms with Crippen LogP contribution in [0.2, 0.25) is 0 Å². The van der Waals surface area contributed by atoms with Crippen molar-refractivity contribution in [3.8, 4) is 23.0 Å². The van der Waals surface area contributed by atoms with Gasteiger partial charge in [0.05, 0.1) is 39.4 Å². The van der Waals surface area contributed by atoms with Gasteiger partial charge in [0, 0.05) is 27.8 Å². The summed E-state index contributed by atoms with van der Waals surface area (Å²) in [6.45, 7) is 2.36. The summed E-state index contributed by atoms with van der Waals surface area (Å²) in [5.41, 5.74) is 1.88. The number of anilines is 2. The summed E-state index contributed by atoms with van der Waals surface area (Å²) in [7, 11) is 4.49. The second kappa shape index (κ2) is 16.6. The van der Waals surface area contributed by atoms with Gasteiger partial charge < -0.3 is 34.9 Å². The molecule has 238 valence electrons. The maximum absolute atomic E-state index is 13.7. The first-order chi connectivity index (χ1) is 22.3. The van der Waals surface area contributed by atoms with Crippen LogP contribution in [0, 0.1) is 0 Å². The SMILES string of the molecule is CCOc1ccccc1NC(=O)CSc1cccc(NC(=O)/C(=C\c2cc(OC)c(OC)cc2OC)NC(=O)c2ccccc2)c1. The minimum atomic E-state index is -0.575. The summed E-state index contributed by atoms with van der Waals surface area (Å²) in [5, 5.41) is 8.45. The molecule has 0 fully saturated rings. The predicted octanol–water partition coefficient (Wildman–Crippen LogP) is 6.25. The van der Waals surface area contributed by atoms with Crippen molar-refractivity contribution in [2.75, 3.05) is 44.3 Å². The standard InChI is InChI=1S/C35H35N3O7S/c1-5-45-29-17-10-9-16-27(29)37-33(39)22-46-26-15-11-14-25(20-26)36-35(41)28(38-34(40)23-12-7-6-8-13-23)18-24-19-31(43-3)32(44-4)21-30(24)42-2/h6-21H,5,22H2,1-4H3,(H,36,41)(H,37,39)(H,38,40)/b28-18+. The van der Waals surface area contributed by atoms with E-state index in [1.54, 1.807) is 72.8 Å². The van der Waals surface area contributed by atoms with Crippen LogP contribution >= 0.6 is 11.8 Å². The van der Waals surface area contributed by atoms with Crippen molar-refractivity contribution in [3.05, 3.63) is 108 Å². The zero-order chi connectivity index (χ0) is 32.9. The molecule has 0 bridgehead atoms. The Labute approximate surface area is 272 Å². The van der Waals surface area contributed by atoms with E-state index in [2.05, 4.69) is 16.0 Å². The molecule has 0 aliphatic rings. The number of para-hydroxylation sites is 2. The summed E-state index contributed by atoms with van der Waals surface area (Å²) in [4.78, 5) is 40.2. The first kappa shape index (κ1) is 33.5. The van der Waals surface area contributed by atoms with Crippen LogP contribution in [-0.2, 0) is 9.59 Å². The average Bonchev–Trinajstić information content (AvgIpc) is 3.08. The molecule has 0 spiro atoms. The number of methoxy groups -OCH3 is 3. The number of thioether (sulfide) groups is 1. The van der Waals surface area contributed by atoms with Gasteiger partial charge in [0.15, 0.2) is 11.5 Å². The fourth-order valence-corrected chi connectivity index (χ4v) is 5.07. The van der Waals surface area contributed by atoms with E-state index in [1.165, 1.54) is 39.2 Å². The molecule has 0 unspecified atom stereocenters. The molecular formula is C35H35N3O7S. The Hall–Kier alpha value is -5.42. The van der Waals surface area contributed by atoms with Crippen molar-refractivity contribution >= 4 is 46.9 Å². The highest BCUT2D eigenvalue weighted by atomic mass is 32.2. The van der Waals surface area contributed by atoms with Gasteiger partial charge in [-0.2, -0.15) is 0 Å². The zero-order valence-electron chi connectivity index (χ0n) is 25.9. The number of hydrogen-bond donors (Lipinski definition) is 3. The molecule has 0 saturated heterocycles. The Morgan fingerprint density at radius 1 is 0.739 bits per heavy atom. The molecule has 0 aliphatic carbocycles. The third-order valence-electron chi connectivity index (χ3n) is 6.49. The smallest absolute Gasteiger partial charge is 0.272 e. The zero-order valence-corrected chi connectivity index (χ0v) is 26.7. The molecule has 4 aromatic rings. The van der Waals surface area contributed by atoms with Crippen molar-refractivity contribution in [2.24, 2.45) is 0 Å². The molecule has 10 nitrogen and oxygen atoms in total. The van der Waals surface area contributed by atoms with Gasteiger partial charge in [-0.15, -0.1) is 11.8 Å². The van der Waals surface area contributed by atoms with E-state index in [0.717, 1.165) is 4.90 Å². The van der Waals surface area contributed by atoms with Crippen molar-refractivity contribution < 1.29 is 33.3 Å². The van der Waals surface area contributed by atoms with Crippen molar-refractivity contribution in [3.63, 3.8) is 0 Å². The van der Waals surface area contributed by atoms with Gasteiger partial charge in [0.1, 0.15) is 17.2 Å². The summed E-state index contributed by atoms with van der Waals surface area (Å²) in [6.07, 6.45) is 1.50. The highest BCUT2D eigenvalue weighted by Crippen LogP contribution is 2.36. The van der Waals surface area contributed by atoms with Crippen LogP contribution in [0.5, 0.6) is 23.0 Å². The molecule has 46 heavy (non-hydrogen) atoms. The lowest BCUT2D eigenvalue weighted by Gasteiger charge is -2.15. The van der Waals surface area contributed by atoms with Gasteiger partial charge in [-0.3, -0.25) is 14.4 Å². The van der Waals surface area contributed by atoms with E-state index in [9.17, 15) is 14.4 Å². The van der Waals surface area contributed by atoms with Gasteiger partial charge >= 0.3 is 0 Å². The molecule has 0 heterocycles. The molecule has 0 radical (unpaired) electrons. The number of carbonyl (C=O) groups is 3. The molecule has 0 aromatic heterocycles. The Bertz CT molecular complexity index is 1710. The molecule has 0 atom stereocenters. The quantitative estimate of drug-likeness (QED) is 0.109. The Kier molecular flexibility index (Phi) is 12.1. The topological polar surface area (TPSA) is 124 Å².